The number of aromatic carboxylic acids is 1. The molecule has 1 heterocycles. The molecule has 0 unspecified atom stereocenters. The molecule has 0 aliphatic carbocycles. The van der Waals surface area contributed by atoms with Gasteiger partial charge in [0.25, 0.3) is 0 Å². The molecule has 0 fully saturated rings. The number of benzene rings is 1. The van der Waals surface area contributed by atoms with E-state index >= 15 is 0 Å². The molecule has 0 radical (unpaired) electrons. The Morgan fingerprint density at radius 2 is 1.79 bits per heavy atom. The summed E-state index contributed by atoms with van der Waals surface area (Å²) < 4.78 is 5.06. The van der Waals surface area contributed by atoms with E-state index in [0.29, 0.717) is 0 Å². The molecule has 0 N–H and O–H groups in total. The molecule has 5 heteroatoms. The number of carboxylic acids is 1. The number of esters is 1. The molecule has 2 aromatic rings. The number of rotatable bonds is 4. The molecule has 0 atom stereocenters. The summed E-state index contributed by atoms with van der Waals surface area (Å²) in [5, 5.41) is 10.7. The topological polar surface area (TPSA) is 79.3 Å². The maximum atomic E-state index is 11.7. The average molecular weight is 256 g/mol. The molecule has 0 spiro atoms. The number of pyridine rings is 1. The summed E-state index contributed by atoms with van der Waals surface area (Å²) in [6.07, 6.45) is 2.36. The SMILES string of the molecule is O=C([O-])c1cncc(C(=O)OCc2ccccc2)c1. The lowest BCUT2D eigenvalue weighted by atomic mass is 10.2. The highest BCUT2D eigenvalue weighted by molar-refractivity contribution is 5.93. The molecule has 2 rings (SSSR count). The van der Waals surface area contributed by atoms with E-state index in [9.17, 15) is 14.7 Å². The Morgan fingerprint density at radius 1 is 1.11 bits per heavy atom. The van der Waals surface area contributed by atoms with Gasteiger partial charge in [-0.05, 0) is 11.6 Å². The van der Waals surface area contributed by atoms with Crippen LogP contribution in [0.4, 0.5) is 0 Å². The molecule has 0 bridgehead atoms. The number of ether oxygens (including phenoxy) is 1. The summed E-state index contributed by atoms with van der Waals surface area (Å²) in [7, 11) is 0. The van der Waals surface area contributed by atoms with E-state index < -0.39 is 11.9 Å². The Labute approximate surface area is 109 Å². The lowest BCUT2D eigenvalue weighted by Gasteiger charge is -2.06. The van der Waals surface area contributed by atoms with Crippen molar-refractivity contribution in [3.8, 4) is 0 Å². The fraction of sp³-hybridized carbons (Fsp3) is 0.0714. The van der Waals surface area contributed by atoms with Crippen molar-refractivity contribution in [1.82, 2.24) is 4.98 Å². The van der Waals surface area contributed by atoms with E-state index in [0.717, 1.165) is 11.8 Å². The van der Waals surface area contributed by atoms with Crippen LogP contribution in [0.25, 0.3) is 0 Å². The van der Waals surface area contributed by atoms with Gasteiger partial charge in [0.2, 0.25) is 0 Å². The first-order chi connectivity index (χ1) is 9.16. The van der Waals surface area contributed by atoms with Crippen LogP contribution in [0.1, 0.15) is 26.3 Å². The van der Waals surface area contributed by atoms with Gasteiger partial charge in [-0.15, -0.1) is 0 Å². The average Bonchev–Trinajstić information content (AvgIpc) is 2.46. The zero-order valence-corrected chi connectivity index (χ0v) is 9.91. The van der Waals surface area contributed by atoms with Gasteiger partial charge in [0.15, 0.2) is 0 Å². The zero-order valence-electron chi connectivity index (χ0n) is 9.91. The third-order valence-corrected chi connectivity index (χ3v) is 2.42. The first kappa shape index (κ1) is 12.8. The monoisotopic (exact) mass is 256 g/mol. The molecule has 0 aliphatic heterocycles. The number of carboxylic acid groups (broad SMARTS) is 1. The normalized spacial score (nSPS) is 9.89. The highest BCUT2D eigenvalue weighted by atomic mass is 16.5. The first-order valence-electron chi connectivity index (χ1n) is 5.54. The minimum absolute atomic E-state index is 0.0811. The molecule has 5 nitrogen and oxygen atoms in total. The van der Waals surface area contributed by atoms with E-state index in [1.807, 2.05) is 30.3 Å². The number of carbonyl (C=O) groups excluding carboxylic acids is 2. The summed E-state index contributed by atoms with van der Waals surface area (Å²) in [5.41, 5.74) is 0.770. The number of aromatic nitrogens is 1. The van der Waals surface area contributed by atoms with Gasteiger partial charge in [-0.25, -0.2) is 4.79 Å². The van der Waals surface area contributed by atoms with Crippen molar-refractivity contribution in [2.45, 2.75) is 6.61 Å². The Hall–Kier alpha value is -2.69. The van der Waals surface area contributed by atoms with Crippen LogP contribution in [-0.4, -0.2) is 16.9 Å². The second-order valence-electron chi connectivity index (χ2n) is 3.81. The van der Waals surface area contributed by atoms with E-state index in [1.54, 1.807) is 0 Å². The van der Waals surface area contributed by atoms with E-state index in [2.05, 4.69) is 4.98 Å². The van der Waals surface area contributed by atoms with Crippen LogP contribution in [0.5, 0.6) is 0 Å². The van der Waals surface area contributed by atoms with Crippen LogP contribution < -0.4 is 5.11 Å². The van der Waals surface area contributed by atoms with Crippen molar-refractivity contribution in [2.24, 2.45) is 0 Å². The molecule has 0 saturated carbocycles. The molecule has 1 aromatic heterocycles. The highest BCUT2D eigenvalue weighted by Gasteiger charge is 2.09. The molecule has 0 amide bonds. The lowest BCUT2D eigenvalue weighted by molar-refractivity contribution is -0.255. The fourth-order valence-corrected chi connectivity index (χ4v) is 1.47. The standard InChI is InChI=1S/C14H11NO4/c16-13(17)11-6-12(8-15-7-11)14(18)19-9-10-4-2-1-3-5-10/h1-8H,9H2,(H,16,17)/p-1. The molecule has 0 aliphatic rings. The van der Waals surface area contributed by atoms with Gasteiger partial charge in [-0.3, -0.25) is 4.98 Å². The molecule has 1 aromatic carbocycles. The van der Waals surface area contributed by atoms with Crippen LogP contribution in [0.2, 0.25) is 0 Å². The van der Waals surface area contributed by atoms with Gasteiger partial charge in [0, 0.05) is 18.0 Å². The summed E-state index contributed by atoms with van der Waals surface area (Å²) in [5.74, 6) is -2.01. The second-order valence-corrected chi connectivity index (χ2v) is 3.81. The number of carbonyl (C=O) groups is 2. The molecular formula is C14H10NO4-. The summed E-state index contributed by atoms with van der Waals surface area (Å²) in [4.78, 5) is 26.0. The van der Waals surface area contributed by atoms with Crippen molar-refractivity contribution in [3.05, 3.63) is 65.5 Å². The molecular weight excluding hydrogens is 246 g/mol. The van der Waals surface area contributed by atoms with Crippen LogP contribution in [0.3, 0.4) is 0 Å². The second kappa shape index (κ2) is 5.77. The van der Waals surface area contributed by atoms with Crippen LogP contribution in [-0.2, 0) is 11.3 Å². The van der Waals surface area contributed by atoms with E-state index in [4.69, 9.17) is 4.74 Å². The third-order valence-electron chi connectivity index (χ3n) is 2.42. The lowest BCUT2D eigenvalue weighted by Crippen LogP contribution is -2.23. The van der Waals surface area contributed by atoms with E-state index in [-0.39, 0.29) is 17.7 Å². The maximum Gasteiger partial charge on any atom is 0.340 e. The Kier molecular flexibility index (Phi) is 3.87. The van der Waals surface area contributed by atoms with E-state index in [1.165, 1.54) is 12.3 Å². The smallest absolute Gasteiger partial charge is 0.340 e. The predicted molar refractivity (Wildman–Crippen MR) is 64.1 cm³/mol. The number of nitrogens with zero attached hydrogens (tertiary/aromatic N) is 1. The fourth-order valence-electron chi connectivity index (χ4n) is 1.47. The van der Waals surface area contributed by atoms with Crippen molar-refractivity contribution in [2.75, 3.05) is 0 Å². The molecule has 19 heavy (non-hydrogen) atoms. The van der Waals surface area contributed by atoms with Crippen LogP contribution >= 0.6 is 0 Å². The predicted octanol–water partition coefficient (Wildman–Crippen LogP) is 0.802. The Balaban J connectivity index is 2.04. The van der Waals surface area contributed by atoms with Gasteiger partial charge in [0.1, 0.15) is 6.61 Å². The van der Waals surface area contributed by atoms with Crippen molar-refractivity contribution in [3.63, 3.8) is 0 Å². The molecule has 96 valence electrons. The Bertz CT molecular complexity index is 595. The summed E-state index contributed by atoms with van der Waals surface area (Å²) in [6.45, 7) is 0.120. The highest BCUT2D eigenvalue weighted by Crippen LogP contribution is 2.07. The largest absolute Gasteiger partial charge is 0.545 e. The number of hydrogen-bond acceptors (Lipinski definition) is 5. The van der Waals surface area contributed by atoms with Crippen LogP contribution in [0.15, 0.2) is 48.8 Å². The van der Waals surface area contributed by atoms with Gasteiger partial charge in [-0.1, -0.05) is 30.3 Å². The van der Waals surface area contributed by atoms with Crippen molar-refractivity contribution >= 4 is 11.9 Å². The number of hydrogen-bond donors (Lipinski definition) is 0. The van der Waals surface area contributed by atoms with Gasteiger partial charge >= 0.3 is 5.97 Å². The Morgan fingerprint density at radius 3 is 2.47 bits per heavy atom. The molecule has 0 saturated heterocycles. The third kappa shape index (κ3) is 3.38. The zero-order chi connectivity index (χ0) is 13.7. The minimum Gasteiger partial charge on any atom is -0.545 e. The summed E-state index contributed by atoms with van der Waals surface area (Å²) >= 11 is 0. The van der Waals surface area contributed by atoms with Gasteiger partial charge < -0.3 is 14.6 Å². The maximum absolute atomic E-state index is 11.7. The van der Waals surface area contributed by atoms with Crippen LogP contribution in [0, 0.1) is 0 Å². The quantitative estimate of drug-likeness (QED) is 0.756. The van der Waals surface area contributed by atoms with Crippen molar-refractivity contribution < 1.29 is 19.4 Å². The van der Waals surface area contributed by atoms with Gasteiger partial charge in [0.05, 0.1) is 11.5 Å². The summed E-state index contributed by atoms with van der Waals surface area (Å²) in [6, 6.07) is 10.4. The van der Waals surface area contributed by atoms with Gasteiger partial charge in [-0.2, -0.15) is 0 Å². The minimum atomic E-state index is -1.38. The first-order valence-corrected chi connectivity index (χ1v) is 5.54. The van der Waals surface area contributed by atoms with Crippen molar-refractivity contribution in [1.29, 1.82) is 0 Å².